The summed E-state index contributed by atoms with van der Waals surface area (Å²) in [6.07, 6.45) is 1.67. The zero-order chi connectivity index (χ0) is 19.4. The van der Waals surface area contributed by atoms with Crippen LogP contribution in [0.15, 0.2) is 48.7 Å². The number of halogens is 1. The van der Waals surface area contributed by atoms with Crippen LogP contribution in [0.3, 0.4) is 0 Å². The summed E-state index contributed by atoms with van der Waals surface area (Å²) in [5, 5.41) is 9.75. The Balaban J connectivity index is 1.75. The van der Waals surface area contributed by atoms with Gasteiger partial charge in [0.25, 0.3) is 0 Å². The summed E-state index contributed by atoms with van der Waals surface area (Å²) in [4.78, 5) is 19.8. The van der Waals surface area contributed by atoms with Gasteiger partial charge in [0.05, 0.1) is 10.7 Å². The maximum absolute atomic E-state index is 11.1. The monoisotopic (exact) mass is 381 g/mol. The van der Waals surface area contributed by atoms with E-state index in [0.717, 1.165) is 28.2 Å². The average Bonchev–Trinajstić information content (AvgIpc) is 2.60. The molecule has 27 heavy (non-hydrogen) atoms. The summed E-state index contributed by atoms with van der Waals surface area (Å²) in [6.45, 7) is 5.46. The van der Waals surface area contributed by atoms with E-state index in [1.165, 1.54) is 6.92 Å². The fourth-order valence-electron chi connectivity index (χ4n) is 2.66. The second kappa shape index (κ2) is 8.05. The van der Waals surface area contributed by atoms with Gasteiger partial charge < -0.3 is 16.0 Å². The first-order valence-electron chi connectivity index (χ1n) is 8.42. The number of hydrogen-bond acceptors (Lipinski definition) is 5. The van der Waals surface area contributed by atoms with E-state index in [0.29, 0.717) is 16.8 Å². The molecule has 1 heterocycles. The van der Waals surface area contributed by atoms with Crippen LogP contribution in [0, 0.1) is 13.8 Å². The minimum atomic E-state index is -0.104. The lowest BCUT2D eigenvalue weighted by Crippen LogP contribution is -2.05. The first kappa shape index (κ1) is 18.7. The molecule has 3 N–H and O–H groups in total. The molecule has 0 fully saturated rings. The van der Waals surface area contributed by atoms with E-state index in [-0.39, 0.29) is 5.91 Å². The quantitative estimate of drug-likeness (QED) is 0.566. The normalized spacial score (nSPS) is 10.4. The summed E-state index contributed by atoms with van der Waals surface area (Å²) in [7, 11) is 0. The van der Waals surface area contributed by atoms with Crippen molar-refractivity contribution in [3.8, 4) is 0 Å². The Labute approximate surface area is 163 Å². The van der Waals surface area contributed by atoms with Gasteiger partial charge in [0, 0.05) is 24.5 Å². The standard InChI is InChI=1S/C20H20ClN5O/c1-12-10-13(2)19(17(21)11-12)26-20-22-9-8-18(25-20)24-16-6-4-15(5-7-16)23-14(3)27/h4-11H,1-3H3,(H,23,27)(H2,22,24,25,26). The van der Waals surface area contributed by atoms with Gasteiger partial charge in [-0.05, 0) is 61.4 Å². The van der Waals surface area contributed by atoms with Gasteiger partial charge in [-0.15, -0.1) is 0 Å². The van der Waals surface area contributed by atoms with E-state index in [4.69, 9.17) is 11.6 Å². The van der Waals surface area contributed by atoms with Crippen molar-refractivity contribution in [3.63, 3.8) is 0 Å². The molecule has 0 aliphatic heterocycles. The van der Waals surface area contributed by atoms with Gasteiger partial charge >= 0.3 is 0 Å². The van der Waals surface area contributed by atoms with Crippen LogP contribution < -0.4 is 16.0 Å². The Morgan fingerprint density at radius 1 is 1.00 bits per heavy atom. The van der Waals surface area contributed by atoms with E-state index in [9.17, 15) is 4.79 Å². The molecule has 0 aliphatic carbocycles. The van der Waals surface area contributed by atoms with Crippen molar-refractivity contribution in [3.05, 3.63) is 64.8 Å². The largest absolute Gasteiger partial charge is 0.340 e. The Morgan fingerprint density at radius 2 is 1.70 bits per heavy atom. The molecule has 2 aromatic carbocycles. The van der Waals surface area contributed by atoms with E-state index >= 15 is 0 Å². The number of hydrogen-bond donors (Lipinski definition) is 3. The molecule has 1 aromatic heterocycles. The number of carbonyl (C=O) groups excluding carboxylic acids is 1. The van der Waals surface area contributed by atoms with Crippen LogP contribution in [0.25, 0.3) is 0 Å². The molecular formula is C20H20ClN5O. The van der Waals surface area contributed by atoms with Crippen molar-refractivity contribution in [2.45, 2.75) is 20.8 Å². The van der Waals surface area contributed by atoms with Gasteiger partial charge in [-0.2, -0.15) is 4.98 Å². The minimum Gasteiger partial charge on any atom is -0.340 e. The zero-order valence-corrected chi connectivity index (χ0v) is 16.1. The molecule has 138 valence electrons. The molecule has 0 radical (unpaired) electrons. The minimum absolute atomic E-state index is 0.104. The number of nitrogens with zero attached hydrogens (tertiary/aromatic N) is 2. The number of amides is 1. The topological polar surface area (TPSA) is 78.9 Å². The fourth-order valence-corrected chi connectivity index (χ4v) is 3.03. The molecule has 1 amide bonds. The molecule has 3 rings (SSSR count). The van der Waals surface area contributed by atoms with E-state index in [1.807, 2.05) is 50.2 Å². The van der Waals surface area contributed by atoms with Crippen molar-refractivity contribution in [2.75, 3.05) is 16.0 Å². The van der Waals surface area contributed by atoms with Crippen molar-refractivity contribution < 1.29 is 4.79 Å². The number of aromatic nitrogens is 2. The predicted octanol–water partition coefficient (Wildman–Crippen LogP) is 5.19. The first-order valence-corrected chi connectivity index (χ1v) is 8.80. The lowest BCUT2D eigenvalue weighted by atomic mass is 10.1. The van der Waals surface area contributed by atoms with Crippen molar-refractivity contribution >= 4 is 46.3 Å². The summed E-state index contributed by atoms with van der Waals surface area (Å²) < 4.78 is 0. The third kappa shape index (κ3) is 4.95. The van der Waals surface area contributed by atoms with Crippen molar-refractivity contribution in [2.24, 2.45) is 0 Å². The molecular weight excluding hydrogens is 362 g/mol. The van der Waals surface area contributed by atoms with Crippen LogP contribution in [0.5, 0.6) is 0 Å². The van der Waals surface area contributed by atoms with Crippen LogP contribution in [0.4, 0.5) is 28.8 Å². The molecule has 6 nitrogen and oxygen atoms in total. The highest BCUT2D eigenvalue weighted by molar-refractivity contribution is 6.33. The van der Waals surface area contributed by atoms with E-state index in [2.05, 4.69) is 25.9 Å². The summed E-state index contributed by atoms with van der Waals surface area (Å²) in [5.41, 5.74) is 4.50. The summed E-state index contributed by atoms with van der Waals surface area (Å²) in [6, 6.07) is 13.1. The molecule has 0 saturated heterocycles. The Bertz CT molecular complexity index is 949. The lowest BCUT2D eigenvalue weighted by molar-refractivity contribution is -0.114. The highest BCUT2D eigenvalue weighted by Crippen LogP contribution is 2.29. The van der Waals surface area contributed by atoms with Crippen molar-refractivity contribution in [1.82, 2.24) is 9.97 Å². The van der Waals surface area contributed by atoms with E-state index in [1.54, 1.807) is 12.3 Å². The lowest BCUT2D eigenvalue weighted by Gasteiger charge is -2.12. The number of nitrogens with one attached hydrogen (secondary N) is 3. The fraction of sp³-hybridized carbons (Fsp3) is 0.150. The van der Waals surface area contributed by atoms with Crippen LogP contribution >= 0.6 is 11.6 Å². The van der Waals surface area contributed by atoms with Crippen LogP contribution in [0.2, 0.25) is 5.02 Å². The van der Waals surface area contributed by atoms with Gasteiger partial charge in [0.15, 0.2) is 0 Å². The van der Waals surface area contributed by atoms with Gasteiger partial charge in [-0.3, -0.25) is 4.79 Å². The molecule has 3 aromatic rings. The Morgan fingerprint density at radius 3 is 2.37 bits per heavy atom. The molecule has 0 saturated carbocycles. The molecule has 0 bridgehead atoms. The third-order valence-corrected chi connectivity index (χ3v) is 4.10. The average molecular weight is 382 g/mol. The van der Waals surface area contributed by atoms with Crippen molar-refractivity contribution in [1.29, 1.82) is 0 Å². The number of carbonyl (C=O) groups is 1. The number of rotatable bonds is 5. The second-order valence-electron chi connectivity index (χ2n) is 6.21. The highest BCUT2D eigenvalue weighted by atomic mass is 35.5. The molecule has 7 heteroatoms. The SMILES string of the molecule is CC(=O)Nc1ccc(Nc2ccnc(Nc3c(C)cc(C)cc3Cl)n2)cc1. The van der Waals surface area contributed by atoms with Gasteiger partial charge in [-0.1, -0.05) is 17.7 Å². The smallest absolute Gasteiger partial charge is 0.229 e. The summed E-state index contributed by atoms with van der Waals surface area (Å²) in [5.74, 6) is 0.983. The Hall–Kier alpha value is -3.12. The number of benzene rings is 2. The maximum atomic E-state index is 11.1. The maximum Gasteiger partial charge on any atom is 0.229 e. The molecule has 0 unspecified atom stereocenters. The molecule has 0 atom stereocenters. The predicted molar refractivity (Wildman–Crippen MR) is 110 cm³/mol. The van der Waals surface area contributed by atoms with Crippen LogP contribution in [-0.2, 0) is 4.79 Å². The summed E-state index contributed by atoms with van der Waals surface area (Å²) >= 11 is 6.34. The van der Waals surface area contributed by atoms with Gasteiger partial charge in [0.1, 0.15) is 5.82 Å². The second-order valence-corrected chi connectivity index (χ2v) is 6.62. The first-order chi connectivity index (χ1) is 12.9. The number of anilines is 5. The van der Waals surface area contributed by atoms with Gasteiger partial charge in [0.2, 0.25) is 11.9 Å². The van der Waals surface area contributed by atoms with Crippen LogP contribution in [-0.4, -0.2) is 15.9 Å². The third-order valence-electron chi connectivity index (χ3n) is 3.80. The van der Waals surface area contributed by atoms with Gasteiger partial charge in [-0.25, -0.2) is 4.98 Å². The van der Waals surface area contributed by atoms with E-state index < -0.39 is 0 Å². The zero-order valence-electron chi connectivity index (χ0n) is 15.3. The molecule has 0 aliphatic rings. The highest BCUT2D eigenvalue weighted by Gasteiger charge is 2.08. The Kier molecular flexibility index (Phi) is 5.57. The van der Waals surface area contributed by atoms with Crippen LogP contribution in [0.1, 0.15) is 18.1 Å². The molecule has 0 spiro atoms. The number of aryl methyl sites for hydroxylation is 2.